The van der Waals surface area contributed by atoms with Crippen LogP contribution in [0.3, 0.4) is 0 Å². The number of nitrogens with one attached hydrogen (secondary N) is 1. The predicted molar refractivity (Wildman–Crippen MR) is 72.1 cm³/mol. The van der Waals surface area contributed by atoms with Gasteiger partial charge in [-0.25, -0.2) is 13.8 Å². The molecule has 0 radical (unpaired) electrons. The average molecular weight is 277 g/mol. The van der Waals surface area contributed by atoms with E-state index in [1.165, 1.54) is 12.1 Å². The second kappa shape index (κ2) is 5.71. The lowest BCUT2D eigenvalue weighted by Crippen LogP contribution is -2.33. The lowest BCUT2D eigenvalue weighted by molar-refractivity contribution is 0.387. The van der Waals surface area contributed by atoms with Gasteiger partial charge in [0.25, 0.3) is 0 Å². The Morgan fingerprint density at radius 3 is 2.95 bits per heavy atom. The van der Waals surface area contributed by atoms with Gasteiger partial charge in [0, 0.05) is 42.7 Å². The van der Waals surface area contributed by atoms with Gasteiger partial charge in [0.1, 0.15) is 11.6 Å². The molecule has 1 aliphatic rings. The molecule has 5 heteroatoms. The Labute approximate surface area is 116 Å². The minimum absolute atomic E-state index is 0.300. The maximum absolute atomic E-state index is 13.6. The van der Waals surface area contributed by atoms with Crippen LogP contribution in [0.4, 0.5) is 8.78 Å². The molecule has 1 fully saturated rings. The van der Waals surface area contributed by atoms with E-state index in [2.05, 4.69) is 14.9 Å². The highest BCUT2D eigenvalue weighted by atomic mass is 19.1. The van der Waals surface area contributed by atoms with E-state index in [9.17, 15) is 8.78 Å². The van der Waals surface area contributed by atoms with Crippen LogP contribution in [0.2, 0.25) is 0 Å². The van der Waals surface area contributed by atoms with Crippen molar-refractivity contribution in [3.05, 3.63) is 54.1 Å². The summed E-state index contributed by atoms with van der Waals surface area (Å²) in [5.74, 6) is -1.03. The molecule has 2 unspecified atom stereocenters. The highest BCUT2D eigenvalue weighted by molar-refractivity contribution is 5.18. The molecule has 0 bridgehead atoms. The van der Waals surface area contributed by atoms with E-state index in [-0.39, 0.29) is 0 Å². The van der Waals surface area contributed by atoms with Gasteiger partial charge in [-0.3, -0.25) is 0 Å². The lowest BCUT2D eigenvalue weighted by atomic mass is 10.1. The highest BCUT2D eigenvalue weighted by Crippen LogP contribution is 2.30. The normalized spacial score (nSPS) is 22.3. The third-order valence-corrected chi connectivity index (χ3v) is 3.96. The Balaban J connectivity index is 1.65. The minimum Gasteiger partial charge on any atom is -0.333 e. The summed E-state index contributed by atoms with van der Waals surface area (Å²) in [6.45, 7) is 0.419. The molecule has 3 nitrogen and oxygen atoms in total. The molecule has 0 spiro atoms. The average Bonchev–Trinajstić information content (AvgIpc) is 3.08. The summed E-state index contributed by atoms with van der Waals surface area (Å²) in [4.78, 5) is 4.08. The molecule has 2 atom stereocenters. The summed E-state index contributed by atoms with van der Waals surface area (Å²) in [5, 5.41) is 3.39. The van der Waals surface area contributed by atoms with E-state index in [1.54, 1.807) is 6.20 Å². The van der Waals surface area contributed by atoms with Crippen molar-refractivity contribution < 1.29 is 8.78 Å². The first-order chi connectivity index (χ1) is 9.74. The summed E-state index contributed by atoms with van der Waals surface area (Å²) in [6, 6.07) is 4.38. The molecule has 0 amide bonds. The molecule has 1 aromatic carbocycles. The Kier molecular flexibility index (Phi) is 3.78. The number of aromatic nitrogens is 2. The maximum Gasteiger partial charge on any atom is 0.130 e. The van der Waals surface area contributed by atoms with Crippen molar-refractivity contribution in [2.45, 2.75) is 37.9 Å². The molecule has 106 valence electrons. The lowest BCUT2D eigenvalue weighted by Gasteiger charge is -2.22. The first-order valence-corrected chi connectivity index (χ1v) is 6.89. The highest BCUT2D eigenvalue weighted by Gasteiger charge is 2.27. The number of hydrogen-bond acceptors (Lipinski definition) is 2. The summed E-state index contributed by atoms with van der Waals surface area (Å²) in [7, 11) is 0. The molecule has 1 aromatic heterocycles. The first kappa shape index (κ1) is 13.2. The van der Waals surface area contributed by atoms with Crippen molar-refractivity contribution in [2.24, 2.45) is 0 Å². The summed E-state index contributed by atoms with van der Waals surface area (Å²) in [6.07, 6.45) is 8.86. The number of rotatable bonds is 4. The second-order valence-corrected chi connectivity index (χ2v) is 5.23. The van der Waals surface area contributed by atoms with Gasteiger partial charge < -0.3 is 9.88 Å². The quantitative estimate of drug-likeness (QED) is 0.931. The van der Waals surface area contributed by atoms with Crippen LogP contribution in [0.5, 0.6) is 0 Å². The number of imidazole rings is 1. The Morgan fingerprint density at radius 2 is 2.20 bits per heavy atom. The number of halogens is 2. The SMILES string of the molecule is Fc1ccc(CNC2CCCC2n2ccnc2)c(F)c1. The van der Waals surface area contributed by atoms with Gasteiger partial charge in [0.2, 0.25) is 0 Å². The van der Waals surface area contributed by atoms with Crippen LogP contribution in [0.15, 0.2) is 36.9 Å². The second-order valence-electron chi connectivity index (χ2n) is 5.23. The minimum atomic E-state index is -0.539. The van der Waals surface area contributed by atoms with E-state index < -0.39 is 11.6 Å². The smallest absolute Gasteiger partial charge is 0.130 e. The van der Waals surface area contributed by atoms with E-state index in [0.29, 0.717) is 24.2 Å². The summed E-state index contributed by atoms with van der Waals surface area (Å²) < 4.78 is 28.6. The van der Waals surface area contributed by atoms with E-state index in [4.69, 9.17) is 0 Å². The van der Waals surface area contributed by atoms with Crippen molar-refractivity contribution >= 4 is 0 Å². The van der Waals surface area contributed by atoms with Crippen molar-refractivity contribution in [1.82, 2.24) is 14.9 Å². The van der Waals surface area contributed by atoms with Gasteiger partial charge in [-0.2, -0.15) is 0 Å². The van der Waals surface area contributed by atoms with Gasteiger partial charge in [-0.15, -0.1) is 0 Å². The molecule has 1 N–H and O–H groups in total. The zero-order valence-corrected chi connectivity index (χ0v) is 11.1. The molecule has 1 heterocycles. The molecule has 3 rings (SSSR count). The van der Waals surface area contributed by atoms with Crippen LogP contribution >= 0.6 is 0 Å². The molecule has 0 saturated heterocycles. The Bertz CT molecular complexity index is 569. The van der Waals surface area contributed by atoms with Crippen LogP contribution < -0.4 is 5.32 Å². The van der Waals surface area contributed by atoms with Gasteiger partial charge in [0.15, 0.2) is 0 Å². The zero-order valence-electron chi connectivity index (χ0n) is 11.1. The molecule has 20 heavy (non-hydrogen) atoms. The summed E-state index contributed by atoms with van der Waals surface area (Å²) in [5.41, 5.74) is 0.502. The van der Waals surface area contributed by atoms with Crippen molar-refractivity contribution in [2.75, 3.05) is 0 Å². The Morgan fingerprint density at radius 1 is 1.30 bits per heavy atom. The van der Waals surface area contributed by atoms with E-state index >= 15 is 0 Å². The van der Waals surface area contributed by atoms with Crippen LogP contribution in [-0.2, 0) is 6.54 Å². The third kappa shape index (κ3) is 2.72. The molecular formula is C15H17F2N3. The first-order valence-electron chi connectivity index (χ1n) is 6.89. The number of benzene rings is 1. The Hall–Kier alpha value is -1.75. The van der Waals surface area contributed by atoms with E-state index in [1.807, 2.05) is 12.5 Å². The van der Waals surface area contributed by atoms with Crippen molar-refractivity contribution in [3.8, 4) is 0 Å². The summed E-state index contributed by atoms with van der Waals surface area (Å²) >= 11 is 0. The maximum atomic E-state index is 13.6. The fraction of sp³-hybridized carbons (Fsp3) is 0.400. The van der Waals surface area contributed by atoms with E-state index in [0.717, 1.165) is 25.3 Å². The zero-order chi connectivity index (χ0) is 13.9. The van der Waals surface area contributed by atoms with Gasteiger partial charge >= 0.3 is 0 Å². The molecule has 2 aromatic rings. The van der Waals surface area contributed by atoms with Crippen LogP contribution in [0.25, 0.3) is 0 Å². The largest absolute Gasteiger partial charge is 0.333 e. The van der Waals surface area contributed by atoms with Crippen LogP contribution in [-0.4, -0.2) is 15.6 Å². The standard InChI is InChI=1S/C15H17F2N3/c16-12-5-4-11(13(17)8-12)9-19-14-2-1-3-15(14)20-7-6-18-10-20/h4-8,10,14-15,19H,1-3,9H2. The van der Waals surface area contributed by atoms with Gasteiger partial charge in [-0.05, 0) is 25.3 Å². The molecular weight excluding hydrogens is 260 g/mol. The molecule has 1 saturated carbocycles. The van der Waals surface area contributed by atoms with Gasteiger partial charge in [-0.1, -0.05) is 6.07 Å². The molecule has 0 aliphatic heterocycles. The third-order valence-electron chi connectivity index (χ3n) is 3.96. The fourth-order valence-corrected chi connectivity index (χ4v) is 2.91. The van der Waals surface area contributed by atoms with Crippen molar-refractivity contribution in [1.29, 1.82) is 0 Å². The topological polar surface area (TPSA) is 29.9 Å². The number of nitrogens with zero attached hydrogens (tertiary/aromatic N) is 2. The number of hydrogen-bond donors (Lipinski definition) is 1. The predicted octanol–water partition coefficient (Wildman–Crippen LogP) is 3.04. The molecule has 1 aliphatic carbocycles. The van der Waals surface area contributed by atoms with Crippen LogP contribution in [0.1, 0.15) is 30.9 Å². The fourth-order valence-electron chi connectivity index (χ4n) is 2.91. The van der Waals surface area contributed by atoms with Crippen molar-refractivity contribution in [3.63, 3.8) is 0 Å². The monoisotopic (exact) mass is 277 g/mol. The van der Waals surface area contributed by atoms with Crippen LogP contribution in [0, 0.1) is 11.6 Å². The van der Waals surface area contributed by atoms with Gasteiger partial charge in [0.05, 0.1) is 6.33 Å².